The second-order valence-corrected chi connectivity index (χ2v) is 4.84. The van der Waals surface area contributed by atoms with Crippen LogP contribution in [0.5, 0.6) is 0 Å². The van der Waals surface area contributed by atoms with Crippen LogP contribution in [0.3, 0.4) is 0 Å². The van der Waals surface area contributed by atoms with Gasteiger partial charge in [0.1, 0.15) is 11.9 Å². The first-order valence-electron chi connectivity index (χ1n) is 5.82. The zero-order chi connectivity index (χ0) is 13.5. The van der Waals surface area contributed by atoms with Gasteiger partial charge in [-0.15, -0.1) is 0 Å². The van der Waals surface area contributed by atoms with Crippen LogP contribution in [0.1, 0.15) is 17.2 Å². The Labute approximate surface area is 114 Å². The highest BCUT2D eigenvalue weighted by molar-refractivity contribution is 6.31. The number of benzene rings is 2. The molecule has 4 heteroatoms. The van der Waals surface area contributed by atoms with Crippen molar-refractivity contribution in [2.45, 2.75) is 11.7 Å². The third kappa shape index (κ3) is 1.95. The quantitative estimate of drug-likeness (QED) is 0.633. The van der Waals surface area contributed by atoms with Crippen LogP contribution in [0.15, 0.2) is 48.5 Å². The summed E-state index contributed by atoms with van der Waals surface area (Å²) in [6.45, 7) is 0. The fourth-order valence-electron chi connectivity index (χ4n) is 2.23. The Morgan fingerprint density at radius 1 is 1.16 bits per heavy atom. The lowest BCUT2D eigenvalue weighted by Gasteiger charge is -2.06. The number of halogens is 2. The molecule has 19 heavy (non-hydrogen) atoms. The fourth-order valence-corrected chi connectivity index (χ4v) is 2.47. The number of hydrogen-bond donors (Lipinski definition) is 0. The minimum absolute atomic E-state index is 0.347. The van der Waals surface area contributed by atoms with Gasteiger partial charge in [0, 0.05) is 10.6 Å². The molecule has 0 N–H and O–H groups in total. The molecule has 1 fully saturated rings. The van der Waals surface area contributed by atoms with E-state index >= 15 is 0 Å². The van der Waals surface area contributed by atoms with Crippen molar-refractivity contribution in [1.82, 2.24) is 0 Å². The standard InChI is InChI=1S/C15H10ClFO2/c16-13-4-2-1-3-12(13)14-15(9-18,19-14)10-5-7-11(17)8-6-10/h1-9,14H/t14-,15+/m0/s1. The molecule has 0 unspecified atom stereocenters. The molecule has 2 nitrogen and oxygen atoms in total. The predicted octanol–water partition coefficient (Wildman–Crippen LogP) is 3.64. The number of carbonyl (C=O) groups excluding carboxylic acids is 1. The van der Waals surface area contributed by atoms with Crippen LogP contribution in [0.2, 0.25) is 5.02 Å². The normalized spacial score (nSPS) is 25.1. The highest BCUT2D eigenvalue weighted by Crippen LogP contribution is 2.56. The van der Waals surface area contributed by atoms with Gasteiger partial charge >= 0.3 is 0 Å². The Kier molecular flexibility index (Phi) is 2.88. The van der Waals surface area contributed by atoms with Crippen molar-refractivity contribution in [3.63, 3.8) is 0 Å². The van der Waals surface area contributed by atoms with Crippen LogP contribution in [0, 0.1) is 5.82 Å². The maximum absolute atomic E-state index is 12.9. The topological polar surface area (TPSA) is 29.6 Å². The molecular formula is C15H10ClFO2. The third-order valence-corrected chi connectivity index (χ3v) is 3.65. The molecule has 2 aromatic carbocycles. The van der Waals surface area contributed by atoms with Crippen molar-refractivity contribution < 1.29 is 13.9 Å². The van der Waals surface area contributed by atoms with Gasteiger partial charge in [-0.05, 0) is 23.8 Å². The van der Waals surface area contributed by atoms with Crippen molar-refractivity contribution in [3.05, 3.63) is 70.5 Å². The summed E-state index contributed by atoms with van der Waals surface area (Å²) in [5.41, 5.74) is 0.355. The number of epoxide rings is 1. The monoisotopic (exact) mass is 276 g/mol. The Hall–Kier alpha value is -1.71. The molecule has 3 rings (SSSR count). The summed E-state index contributed by atoms with van der Waals surface area (Å²) >= 11 is 6.10. The minimum atomic E-state index is -1.04. The molecule has 0 saturated carbocycles. The lowest BCUT2D eigenvalue weighted by atomic mass is 9.93. The fraction of sp³-hybridized carbons (Fsp3) is 0.133. The number of carbonyl (C=O) groups is 1. The van der Waals surface area contributed by atoms with Gasteiger partial charge in [0.25, 0.3) is 0 Å². The summed E-state index contributed by atoms with van der Waals surface area (Å²) in [5, 5.41) is 0.554. The molecule has 2 aromatic rings. The summed E-state index contributed by atoms with van der Waals surface area (Å²) in [6, 6.07) is 13.0. The molecular weight excluding hydrogens is 267 g/mol. The Bertz CT molecular complexity index is 626. The van der Waals surface area contributed by atoms with E-state index in [0.29, 0.717) is 10.6 Å². The van der Waals surface area contributed by atoms with Crippen LogP contribution < -0.4 is 0 Å². The van der Waals surface area contributed by atoms with Gasteiger partial charge < -0.3 is 4.74 Å². The lowest BCUT2D eigenvalue weighted by molar-refractivity contribution is -0.112. The zero-order valence-electron chi connectivity index (χ0n) is 9.85. The van der Waals surface area contributed by atoms with Gasteiger partial charge in [0.2, 0.25) is 0 Å². The Morgan fingerprint density at radius 2 is 1.84 bits per heavy atom. The molecule has 1 aliphatic heterocycles. The number of aldehydes is 1. The second-order valence-electron chi connectivity index (χ2n) is 4.44. The summed E-state index contributed by atoms with van der Waals surface area (Å²) in [4.78, 5) is 11.4. The average molecular weight is 277 g/mol. The van der Waals surface area contributed by atoms with E-state index in [-0.39, 0.29) is 5.82 Å². The minimum Gasteiger partial charge on any atom is -0.348 e. The van der Waals surface area contributed by atoms with E-state index in [9.17, 15) is 9.18 Å². The molecule has 1 aliphatic rings. The van der Waals surface area contributed by atoms with Gasteiger partial charge in [-0.1, -0.05) is 41.9 Å². The molecule has 0 bridgehead atoms. The maximum atomic E-state index is 12.9. The van der Waals surface area contributed by atoms with Gasteiger partial charge in [-0.3, -0.25) is 4.79 Å². The summed E-state index contributed by atoms with van der Waals surface area (Å²) in [7, 11) is 0. The van der Waals surface area contributed by atoms with Gasteiger partial charge in [0.05, 0.1) is 0 Å². The lowest BCUT2D eigenvalue weighted by Crippen LogP contribution is -2.12. The molecule has 96 valence electrons. The number of rotatable bonds is 3. The third-order valence-electron chi connectivity index (χ3n) is 3.30. The smallest absolute Gasteiger partial charge is 0.179 e. The number of hydrogen-bond acceptors (Lipinski definition) is 2. The van der Waals surface area contributed by atoms with Gasteiger partial charge in [0.15, 0.2) is 11.9 Å². The first kappa shape index (κ1) is 12.3. The van der Waals surface area contributed by atoms with Crippen molar-refractivity contribution in [2.24, 2.45) is 0 Å². The van der Waals surface area contributed by atoms with Crippen molar-refractivity contribution in [1.29, 1.82) is 0 Å². The molecule has 0 amide bonds. The van der Waals surface area contributed by atoms with E-state index in [1.165, 1.54) is 12.1 Å². The van der Waals surface area contributed by atoms with Crippen LogP contribution in [-0.4, -0.2) is 6.29 Å². The second kappa shape index (κ2) is 4.44. The first-order chi connectivity index (χ1) is 9.17. The molecule has 1 saturated heterocycles. The average Bonchev–Trinajstić information content (AvgIpc) is 3.16. The highest BCUT2D eigenvalue weighted by atomic mass is 35.5. The van der Waals surface area contributed by atoms with E-state index in [2.05, 4.69) is 0 Å². The van der Waals surface area contributed by atoms with E-state index < -0.39 is 11.7 Å². The summed E-state index contributed by atoms with van der Waals surface area (Å²) in [6.07, 6.45) is 0.331. The largest absolute Gasteiger partial charge is 0.348 e. The first-order valence-corrected chi connectivity index (χ1v) is 6.20. The SMILES string of the molecule is O=C[C@]1(c2ccc(F)cc2)O[C@H]1c1ccccc1Cl. The van der Waals surface area contributed by atoms with Crippen LogP contribution in [-0.2, 0) is 15.1 Å². The molecule has 0 aromatic heterocycles. The van der Waals surface area contributed by atoms with Crippen LogP contribution >= 0.6 is 11.6 Å². The Morgan fingerprint density at radius 3 is 2.47 bits per heavy atom. The van der Waals surface area contributed by atoms with Crippen molar-refractivity contribution >= 4 is 17.9 Å². The molecule has 1 heterocycles. The van der Waals surface area contributed by atoms with Gasteiger partial charge in [-0.25, -0.2) is 4.39 Å². The Balaban J connectivity index is 1.99. The summed E-state index contributed by atoms with van der Waals surface area (Å²) < 4.78 is 18.5. The molecule has 0 radical (unpaired) electrons. The van der Waals surface area contributed by atoms with E-state index in [4.69, 9.17) is 16.3 Å². The molecule has 2 atom stereocenters. The predicted molar refractivity (Wildman–Crippen MR) is 69.4 cm³/mol. The molecule has 0 spiro atoms. The van der Waals surface area contributed by atoms with Crippen LogP contribution in [0.4, 0.5) is 4.39 Å². The molecule has 0 aliphatic carbocycles. The van der Waals surface area contributed by atoms with Crippen molar-refractivity contribution in [3.8, 4) is 0 Å². The summed E-state index contributed by atoms with van der Waals surface area (Å²) in [5.74, 6) is -0.347. The highest BCUT2D eigenvalue weighted by Gasteiger charge is 2.59. The van der Waals surface area contributed by atoms with Crippen molar-refractivity contribution in [2.75, 3.05) is 0 Å². The van der Waals surface area contributed by atoms with E-state index in [0.717, 1.165) is 11.8 Å². The zero-order valence-corrected chi connectivity index (χ0v) is 10.6. The van der Waals surface area contributed by atoms with E-state index in [1.807, 2.05) is 18.2 Å². The van der Waals surface area contributed by atoms with E-state index in [1.54, 1.807) is 18.2 Å². The van der Waals surface area contributed by atoms with Gasteiger partial charge in [-0.2, -0.15) is 0 Å². The number of ether oxygens (including phenoxy) is 1. The van der Waals surface area contributed by atoms with Crippen LogP contribution in [0.25, 0.3) is 0 Å². The maximum Gasteiger partial charge on any atom is 0.179 e.